The van der Waals surface area contributed by atoms with Gasteiger partial charge in [0, 0.05) is 19.1 Å². The van der Waals surface area contributed by atoms with Crippen LogP contribution in [0.2, 0.25) is 0 Å². The number of likely N-dealkylation sites (N-methyl/N-ethyl adjacent to an activating group) is 1. The lowest BCUT2D eigenvalue weighted by Gasteiger charge is -2.24. The summed E-state index contributed by atoms with van der Waals surface area (Å²) >= 11 is 0. The van der Waals surface area contributed by atoms with Crippen molar-refractivity contribution in [3.05, 3.63) is 0 Å². The average molecular weight is 257 g/mol. The number of carbonyl (C=O) groups excluding carboxylic acids is 1. The zero-order valence-corrected chi connectivity index (χ0v) is 11.5. The number of hydrogen-bond donors (Lipinski definition) is 2. The molecule has 0 atom stereocenters. The van der Waals surface area contributed by atoms with Crippen LogP contribution in [-0.4, -0.2) is 56.7 Å². The van der Waals surface area contributed by atoms with Gasteiger partial charge in [0.25, 0.3) is 0 Å². The van der Waals surface area contributed by atoms with Gasteiger partial charge in [0.1, 0.15) is 0 Å². The zero-order chi connectivity index (χ0) is 13.2. The number of amides is 1. The van der Waals surface area contributed by atoms with Crippen LogP contribution in [0, 0.1) is 0 Å². The molecule has 0 heterocycles. The number of rotatable bonds is 8. The van der Waals surface area contributed by atoms with E-state index in [-0.39, 0.29) is 5.91 Å². The van der Waals surface area contributed by atoms with E-state index in [1.165, 1.54) is 19.3 Å². The highest BCUT2D eigenvalue weighted by molar-refractivity contribution is 5.78. The van der Waals surface area contributed by atoms with Crippen molar-refractivity contribution in [2.75, 3.05) is 39.9 Å². The molecule has 0 radical (unpaired) electrons. The van der Waals surface area contributed by atoms with Gasteiger partial charge >= 0.3 is 0 Å². The van der Waals surface area contributed by atoms with Crippen molar-refractivity contribution < 1.29 is 9.53 Å². The molecule has 0 bridgehead atoms. The van der Waals surface area contributed by atoms with Crippen molar-refractivity contribution in [3.8, 4) is 0 Å². The Morgan fingerprint density at radius 2 is 2.06 bits per heavy atom. The van der Waals surface area contributed by atoms with Crippen LogP contribution in [-0.2, 0) is 9.53 Å². The smallest absolute Gasteiger partial charge is 0.234 e. The first kappa shape index (κ1) is 15.4. The van der Waals surface area contributed by atoms with Crippen LogP contribution in [0.1, 0.15) is 32.1 Å². The maximum Gasteiger partial charge on any atom is 0.234 e. The highest BCUT2D eigenvalue weighted by atomic mass is 16.5. The van der Waals surface area contributed by atoms with Crippen molar-refractivity contribution in [3.63, 3.8) is 0 Å². The largest absolute Gasteiger partial charge is 0.379 e. The average Bonchev–Trinajstić information content (AvgIpc) is 2.35. The van der Waals surface area contributed by atoms with Crippen LogP contribution >= 0.6 is 0 Å². The van der Waals surface area contributed by atoms with Gasteiger partial charge in [0.2, 0.25) is 5.91 Å². The van der Waals surface area contributed by atoms with Crippen molar-refractivity contribution in [2.24, 2.45) is 5.73 Å². The summed E-state index contributed by atoms with van der Waals surface area (Å²) in [6.45, 7) is 2.97. The molecule has 3 N–H and O–H groups in total. The van der Waals surface area contributed by atoms with E-state index in [2.05, 4.69) is 5.32 Å². The Hall–Kier alpha value is -0.650. The molecule has 0 aromatic carbocycles. The SMILES string of the molecule is CN(CCOCCN)CC(=O)NC1CCCCC1. The van der Waals surface area contributed by atoms with E-state index >= 15 is 0 Å². The maximum atomic E-state index is 11.8. The highest BCUT2D eigenvalue weighted by Crippen LogP contribution is 2.17. The van der Waals surface area contributed by atoms with Crippen LogP contribution in [0.25, 0.3) is 0 Å². The van der Waals surface area contributed by atoms with Crippen LogP contribution in [0.4, 0.5) is 0 Å². The number of nitrogens with zero attached hydrogens (tertiary/aromatic N) is 1. The van der Waals surface area contributed by atoms with Crippen LogP contribution in [0.5, 0.6) is 0 Å². The second-order valence-electron chi connectivity index (χ2n) is 5.04. The lowest BCUT2D eigenvalue weighted by molar-refractivity contribution is -0.123. The first-order valence-electron chi connectivity index (χ1n) is 6.98. The van der Waals surface area contributed by atoms with E-state index < -0.39 is 0 Å². The third-order valence-corrected chi connectivity index (χ3v) is 3.26. The minimum atomic E-state index is 0.128. The van der Waals surface area contributed by atoms with Gasteiger partial charge < -0.3 is 15.8 Å². The lowest BCUT2D eigenvalue weighted by Crippen LogP contribution is -2.42. The Labute approximate surface area is 110 Å². The quantitative estimate of drug-likeness (QED) is 0.615. The van der Waals surface area contributed by atoms with E-state index in [1.807, 2.05) is 11.9 Å². The molecule has 5 nitrogen and oxygen atoms in total. The van der Waals surface area contributed by atoms with Crippen LogP contribution in [0.3, 0.4) is 0 Å². The first-order valence-corrected chi connectivity index (χ1v) is 6.98. The third kappa shape index (κ3) is 6.93. The number of ether oxygens (including phenoxy) is 1. The lowest BCUT2D eigenvalue weighted by atomic mass is 9.95. The summed E-state index contributed by atoms with van der Waals surface area (Å²) in [5, 5.41) is 3.11. The molecule has 0 saturated heterocycles. The first-order chi connectivity index (χ1) is 8.72. The minimum absolute atomic E-state index is 0.128. The topological polar surface area (TPSA) is 67.6 Å². The molecule has 1 amide bonds. The third-order valence-electron chi connectivity index (χ3n) is 3.26. The van der Waals surface area contributed by atoms with Gasteiger partial charge in [0.15, 0.2) is 0 Å². The zero-order valence-electron chi connectivity index (χ0n) is 11.5. The van der Waals surface area contributed by atoms with Gasteiger partial charge in [-0.15, -0.1) is 0 Å². The Kier molecular flexibility index (Phi) is 7.96. The second kappa shape index (κ2) is 9.30. The number of nitrogens with two attached hydrogens (primary N) is 1. The summed E-state index contributed by atoms with van der Waals surface area (Å²) in [6, 6.07) is 0.396. The summed E-state index contributed by atoms with van der Waals surface area (Å²) in [4.78, 5) is 13.8. The number of carbonyl (C=O) groups is 1. The summed E-state index contributed by atoms with van der Waals surface area (Å²) < 4.78 is 5.29. The van der Waals surface area contributed by atoms with Crippen LogP contribution < -0.4 is 11.1 Å². The van der Waals surface area contributed by atoms with Gasteiger partial charge in [-0.25, -0.2) is 0 Å². The molecule has 5 heteroatoms. The molecule has 0 unspecified atom stereocenters. The van der Waals surface area contributed by atoms with E-state index in [4.69, 9.17) is 10.5 Å². The Balaban J connectivity index is 2.06. The van der Waals surface area contributed by atoms with E-state index in [9.17, 15) is 4.79 Å². The maximum absolute atomic E-state index is 11.8. The summed E-state index contributed by atoms with van der Waals surface area (Å²) in [6.07, 6.45) is 6.07. The molecule has 1 saturated carbocycles. The van der Waals surface area contributed by atoms with Crippen molar-refractivity contribution in [1.82, 2.24) is 10.2 Å². The molecule has 106 valence electrons. The fourth-order valence-corrected chi connectivity index (χ4v) is 2.25. The molecule has 18 heavy (non-hydrogen) atoms. The standard InChI is InChI=1S/C13H27N3O2/c1-16(8-10-18-9-7-14)11-13(17)15-12-5-3-2-4-6-12/h12H,2-11,14H2,1H3,(H,15,17). The van der Waals surface area contributed by atoms with Crippen LogP contribution in [0.15, 0.2) is 0 Å². The Morgan fingerprint density at radius 1 is 1.33 bits per heavy atom. The fraction of sp³-hybridized carbons (Fsp3) is 0.923. The molecule has 1 aliphatic rings. The molecular formula is C13H27N3O2. The molecule has 1 fully saturated rings. The Bertz CT molecular complexity index is 230. The predicted octanol–water partition coefficient (Wildman–Crippen LogP) is 0.342. The molecule has 0 spiro atoms. The molecule has 0 aromatic heterocycles. The number of nitrogens with one attached hydrogen (secondary N) is 1. The minimum Gasteiger partial charge on any atom is -0.379 e. The van der Waals surface area contributed by atoms with Crippen molar-refractivity contribution in [1.29, 1.82) is 0 Å². The molecule has 0 aliphatic heterocycles. The molecule has 0 aromatic rings. The predicted molar refractivity (Wildman–Crippen MR) is 72.4 cm³/mol. The summed E-state index contributed by atoms with van der Waals surface area (Å²) in [5.41, 5.74) is 5.33. The van der Waals surface area contributed by atoms with Crippen molar-refractivity contribution in [2.45, 2.75) is 38.1 Å². The van der Waals surface area contributed by atoms with Gasteiger partial charge in [-0.05, 0) is 19.9 Å². The van der Waals surface area contributed by atoms with Crippen molar-refractivity contribution >= 4 is 5.91 Å². The Morgan fingerprint density at radius 3 is 2.72 bits per heavy atom. The van der Waals surface area contributed by atoms with Gasteiger partial charge in [-0.2, -0.15) is 0 Å². The van der Waals surface area contributed by atoms with E-state index in [0.29, 0.717) is 32.3 Å². The number of hydrogen-bond acceptors (Lipinski definition) is 4. The van der Waals surface area contributed by atoms with Gasteiger partial charge in [-0.3, -0.25) is 9.69 Å². The monoisotopic (exact) mass is 257 g/mol. The second-order valence-corrected chi connectivity index (χ2v) is 5.04. The highest BCUT2D eigenvalue weighted by Gasteiger charge is 2.16. The fourth-order valence-electron chi connectivity index (χ4n) is 2.25. The van der Waals surface area contributed by atoms with Gasteiger partial charge in [-0.1, -0.05) is 19.3 Å². The molecule has 1 rings (SSSR count). The van der Waals surface area contributed by atoms with E-state index in [0.717, 1.165) is 19.4 Å². The normalized spacial score (nSPS) is 17.1. The van der Waals surface area contributed by atoms with E-state index in [1.54, 1.807) is 0 Å². The summed E-state index contributed by atoms with van der Waals surface area (Å²) in [5.74, 6) is 0.128. The molecule has 1 aliphatic carbocycles. The molecular weight excluding hydrogens is 230 g/mol. The van der Waals surface area contributed by atoms with Gasteiger partial charge in [0.05, 0.1) is 19.8 Å². The summed E-state index contributed by atoms with van der Waals surface area (Å²) in [7, 11) is 1.94.